The Morgan fingerprint density at radius 1 is 1.10 bits per heavy atom. The minimum Gasteiger partial charge on any atom is -0.349 e. The lowest BCUT2D eigenvalue weighted by Gasteiger charge is -1.97. The van der Waals surface area contributed by atoms with E-state index in [0.717, 1.165) is 16.5 Å². The zero-order valence-corrected chi connectivity index (χ0v) is 11.8. The fourth-order valence-corrected chi connectivity index (χ4v) is 2.32. The molecule has 0 aliphatic heterocycles. The van der Waals surface area contributed by atoms with E-state index in [2.05, 4.69) is 15.5 Å². The van der Waals surface area contributed by atoms with Crippen molar-refractivity contribution >= 4 is 34.6 Å². The Balaban J connectivity index is 1.78. The second kappa shape index (κ2) is 5.81. The molecule has 0 bridgehead atoms. The first-order valence-electron chi connectivity index (χ1n) is 6.40. The van der Waals surface area contributed by atoms with Crippen LogP contribution in [0.4, 0.5) is 0 Å². The molecule has 2 aromatic carbocycles. The van der Waals surface area contributed by atoms with Crippen LogP contribution in [0.25, 0.3) is 10.9 Å². The Labute approximate surface area is 126 Å². The molecule has 3 rings (SSSR count). The molecule has 0 atom stereocenters. The van der Waals surface area contributed by atoms with Crippen LogP contribution in [0.1, 0.15) is 16.1 Å². The number of hydrogen-bond donors (Lipinski definition) is 2. The van der Waals surface area contributed by atoms with E-state index in [1.54, 1.807) is 6.21 Å². The molecule has 0 saturated carbocycles. The molecule has 0 saturated heterocycles. The van der Waals surface area contributed by atoms with Crippen LogP contribution in [0.2, 0.25) is 5.02 Å². The summed E-state index contributed by atoms with van der Waals surface area (Å²) in [7, 11) is 0. The van der Waals surface area contributed by atoms with Gasteiger partial charge in [0.15, 0.2) is 0 Å². The third-order valence-electron chi connectivity index (χ3n) is 3.05. The standard InChI is InChI=1S/C16H12ClN3O/c17-14-12-8-4-5-9-13(12)19-15(14)16(21)20-18-10-11-6-2-1-3-7-11/h1-10,19H,(H,20,21)/b18-10+. The van der Waals surface area contributed by atoms with E-state index in [0.29, 0.717) is 10.7 Å². The van der Waals surface area contributed by atoms with Crippen LogP contribution in [0, 0.1) is 0 Å². The van der Waals surface area contributed by atoms with Crippen LogP contribution in [0.3, 0.4) is 0 Å². The highest BCUT2D eigenvalue weighted by atomic mass is 35.5. The summed E-state index contributed by atoms with van der Waals surface area (Å²) in [5, 5.41) is 5.14. The minimum absolute atomic E-state index is 0.308. The molecule has 104 valence electrons. The number of nitrogens with one attached hydrogen (secondary N) is 2. The molecule has 0 aliphatic carbocycles. The zero-order valence-electron chi connectivity index (χ0n) is 11.0. The number of hydrogen-bond acceptors (Lipinski definition) is 2. The highest BCUT2D eigenvalue weighted by molar-refractivity contribution is 6.38. The van der Waals surface area contributed by atoms with E-state index < -0.39 is 0 Å². The van der Waals surface area contributed by atoms with Gasteiger partial charge >= 0.3 is 0 Å². The summed E-state index contributed by atoms with van der Waals surface area (Å²) in [6, 6.07) is 17.0. The molecule has 1 amide bonds. The van der Waals surface area contributed by atoms with Crippen LogP contribution in [-0.2, 0) is 0 Å². The largest absolute Gasteiger partial charge is 0.349 e. The van der Waals surface area contributed by atoms with Crippen molar-refractivity contribution in [1.82, 2.24) is 10.4 Å². The van der Waals surface area contributed by atoms with Gasteiger partial charge < -0.3 is 4.98 Å². The molecule has 0 unspecified atom stereocenters. The van der Waals surface area contributed by atoms with Gasteiger partial charge in [-0.2, -0.15) is 5.10 Å². The summed E-state index contributed by atoms with van der Waals surface area (Å²) in [5.41, 5.74) is 4.49. The van der Waals surface area contributed by atoms with Crippen LogP contribution in [0.15, 0.2) is 59.7 Å². The van der Waals surface area contributed by atoms with Gasteiger partial charge in [0, 0.05) is 10.9 Å². The third-order valence-corrected chi connectivity index (χ3v) is 3.44. The number of halogens is 1. The fourth-order valence-electron chi connectivity index (χ4n) is 2.02. The zero-order chi connectivity index (χ0) is 14.7. The Hall–Kier alpha value is -2.59. The number of benzene rings is 2. The Morgan fingerprint density at radius 2 is 1.81 bits per heavy atom. The number of aromatic amines is 1. The van der Waals surface area contributed by atoms with E-state index in [1.807, 2.05) is 54.6 Å². The number of H-pyrrole nitrogens is 1. The van der Waals surface area contributed by atoms with Gasteiger partial charge in [-0.1, -0.05) is 60.1 Å². The van der Waals surface area contributed by atoms with Gasteiger partial charge in [-0.3, -0.25) is 4.79 Å². The molecule has 21 heavy (non-hydrogen) atoms. The smallest absolute Gasteiger partial charge is 0.289 e. The van der Waals surface area contributed by atoms with Gasteiger partial charge in [0.1, 0.15) is 5.69 Å². The number of amides is 1. The molecule has 1 heterocycles. The molecule has 3 aromatic rings. The molecular formula is C16H12ClN3O. The quantitative estimate of drug-likeness (QED) is 0.563. The van der Waals surface area contributed by atoms with Gasteiger partial charge in [0.25, 0.3) is 5.91 Å². The van der Waals surface area contributed by atoms with Crippen molar-refractivity contribution in [3.63, 3.8) is 0 Å². The second-order valence-corrected chi connectivity index (χ2v) is 4.85. The number of rotatable bonds is 3. The molecule has 5 heteroatoms. The van der Waals surface area contributed by atoms with E-state index in [-0.39, 0.29) is 5.91 Å². The van der Waals surface area contributed by atoms with Crippen molar-refractivity contribution in [1.29, 1.82) is 0 Å². The first-order valence-corrected chi connectivity index (χ1v) is 6.78. The summed E-state index contributed by atoms with van der Waals surface area (Å²) in [4.78, 5) is 15.1. The van der Waals surface area contributed by atoms with Crippen LogP contribution in [-0.4, -0.2) is 17.1 Å². The maximum atomic E-state index is 12.1. The van der Waals surface area contributed by atoms with Gasteiger partial charge in [-0.25, -0.2) is 5.43 Å². The first kappa shape index (κ1) is 13.4. The number of carbonyl (C=O) groups excluding carboxylic acids is 1. The predicted octanol–water partition coefficient (Wildman–Crippen LogP) is 3.59. The SMILES string of the molecule is O=C(N/N=C/c1ccccc1)c1[nH]c2ccccc2c1Cl. The normalized spacial score (nSPS) is 11.1. The summed E-state index contributed by atoms with van der Waals surface area (Å²) < 4.78 is 0. The highest BCUT2D eigenvalue weighted by Gasteiger charge is 2.15. The van der Waals surface area contributed by atoms with Gasteiger partial charge in [0.05, 0.1) is 11.2 Å². The molecule has 0 aliphatic rings. The molecule has 4 nitrogen and oxygen atoms in total. The van der Waals surface area contributed by atoms with Crippen molar-refractivity contribution in [2.75, 3.05) is 0 Å². The van der Waals surface area contributed by atoms with Crippen molar-refractivity contribution < 1.29 is 4.79 Å². The van der Waals surface area contributed by atoms with Gasteiger partial charge in [-0.05, 0) is 11.6 Å². The molecule has 2 N–H and O–H groups in total. The van der Waals surface area contributed by atoms with Crippen LogP contribution in [0.5, 0.6) is 0 Å². The van der Waals surface area contributed by atoms with Gasteiger partial charge in [0.2, 0.25) is 0 Å². The Bertz CT molecular complexity index is 809. The van der Waals surface area contributed by atoms with Crippen molar-refractivity contribution in [2.45, 2.75) is 0 Å². The first-order chi connectivity index (χ1) is 10.3. The van der Waals surface area contributed by atoms with Crippen LogP contribution >= 0.6 is 11.6 Å². The van der Waals surface area contributed by atoms with Crippen molar-refractivity contribution in [3.05, 3.63) is 70.9 Å². The summed E-state index contributed by atoms with van der Waals surface area (Å²) in [6.07, 6.45) is 1.58. The average molecular weight is 298 g/mol. The molecule has 0 fully saturated rings. The minimum atomic E-state index is -0.372. The van der Waals surface area contributed by atoms with E-state index in [9.17, 15) is 4.79 Å². The molecular weight excluding hydrogens is 286 g/mol. The number of hydrazone groups is 1. The van der Waals surface area contributed by atoms with Crippen molar-refractivity contribution in [3.8, 4) is 0 Å². The molecule has 0 spiro atoms. The summed E-state index contributed by atoms with van der Waals surface area (Å²) in [5.74, 6) is -0.372. The lowest BCUT2D eigenvalue weighted by atomic mass is 10.2. The average Bonchev–Trinajstić information content (AvgIpc) is 2.86. The lowest BCUT2D eigenvalue weighted by molar-refractivity contribution is 0.0951. The lowest BCUT2D eigenvalue weighted by Crippen LogP contribution is -2.18. The van der Waals surface area contributed by atoms with Gasteiger partial charge in [-0.15, -0.1) is 0 Å². The van der Waals surface area contributed by atoms with Crippen molar-refractivity contribution in [2.24, 2.45) is 5.10 Å². The molecule has 1 aromatic heterocycles. The van der Waals surface area contributed by atoms with E-state index >= 15 is 0 Å². The Kier molecular flexibility index (Phi) is 3.71. The number of nitrogens with zero attached hydrogens (tertiary/aromatic N) is 1. The second-order valence-electron chi connectivity index (χ2n) is 4.47. The molecule has 0 radical (unpaired) electrons. The number of para-hydroxylation sites is 1. The summed E-state index contributed by atoms with van der Waals surface area (Å²) >= 11 is 6.20. The fraction of sp³-hybridized carbons (Fsp3) is 0. The van der Waals surface area contributed by atoms with E-state index in [4.69, 9.17) is 11.6 Å². The maximum absolute atomic E-state index is 12.1. The topological polar surface area (TPSA) is 57.2 Å². The number of aromatic nitrogens is 1. The van der Waals surface area contributed by atoms with Crippen LogP contribution < -0.4 is 5.43 Å². The number of carbonyl (C=O) groups is 1. The predicted molar refractivity (Wildman–Crippen MR) is 84.8 cm³/mol. The monoisotopic (exact) mass is 297 g/mol. The van der Waals surface area contributed by atoms with E-state index in [1.165, 1.54) is 0 Å². The maximum Gasteiger partial charge on any atom is 0.289 e. The Morgan fingerprint density at radius 3 is 2.57 bits per heavy atom. The number of fused-ring (bicyclic) bond motifs is 1. The third kappa shape index (κ3) is 2.80. The summed E-state index contributed by atoms with van der Waals surface area (Å²) in [6.45, 7) is 0. The highest BCUT2D eigenvalue weighted by Crippen LogP contribution is 2.26.